The van der Waals surface area contributed by atoms with Crippen LogP contribution in [0.3, 0.4) is 0 Å². The molecular formula is C9H11Cl2N3O2. The Morgan fingerprint density at radius 1 is 1.69 bits per heavy atom. The van der Waals surface area contributed by atoms with E-state index in [1.165, 1.54) is 6.20 Å². The molecule has 0 unspecified atom stereocenters. The molecular weight excluding hydrogens is 253 g/mol. The summed E-state index contributed by atoms with van der Waals surface area (Å²) in [5.41, 5.74) is -0.0662. The number of nitrogens with one attached hydrogen (secondary N) is 1. The molecule has 0 spiro atoms. The molecule has 1 aromatic heterocycles. The van der Waals surface area contributed by atoms with Crippen molar-refractivity contribution < 1.29 is 5.11 Å². The minimum absolute atomic E-state index is 0.0152. The van der Waals surface area contributed by atoms with Gasteiger partial charge in [-0.05, 0) is 0 Å². The predicted octanol–water partition coefficient (Wildman–Crippen LogP) is 1.05. The monoisotopic (exact) mass is 263 g/mol. The Kier molecular flexibility index (Phi) is 4.79. The molecule has 1 aromatic rings. The number of nitrogens with zero attached hydrogens (tertiary/aromatic N) is 2. The lowest BCUT2D eigenvalue weighted by atomic mass is 10.4. The number of anilines is 1. The normalized spacial score (nSPS) is 10.2. The number of hydrogen-bond donors (Lipinski definition) is 2. The van der Waals surface area contributed by atoms with Crippen LogP contribution in [-0.2, 0) is 6.54 Å². The van der Waals surface area contributed by atoms with Gasteiger partial charge in [0.1, 0.15) is 5.02 Å². The zero-order valence-corrected chi connectivity index (χ0v) is 9.92. The zero-order valence-electron chi connectivity index (χ0n) is 8.41. The van der Waals surface area contributed by atoms with Crippen LogP contribution < -0.4 is 10.9 Å². The largest absolute Gasteiger partial charge is 0.394 e. The second-order valence-corrected chi connectivity index (χ2v) is 3.91. The first-order chi connectivity index (χ1) is 7.56. The van der Waals surface area contributed by atoms with Crippen molar-refractivity contribution in [3.05, 3.63) is 33.2 Å². The van der Waals surface area contributed by atoms with Gasteiger partial charge in [0.05, 0.1) is 31.6 Å². The van der Waals surface area contributed by atoms with E-state index in [0.29, 0.717) is 17.3 Å². The van der Waals surface area contributed by atoms with E-state index < -0.39 is 5.56 Å². The summed E-state index contributed by atoms with van der Waals surface area (Å²) in [6.45, 7) is 3.73. The van der Waals surface area contributed by atoms with E-state index in [1.807, 2.05) is 0 Å². The average Bonchev–Trinajstić information content (AvgIpc) is 2.24. The van der Waals surface area contributed by atoms with Gasteiger partial charge in [-0.3, -0.25) is 4.79 Å². The fraction of sp³-hybridized carbons (Fsp3) is 0.333. The van der Waals surface area contributed by atoms with Crippen molar-refractivity contribution in [1.29, 1.82) is 0 Å². The first-order valence-electron chi connectivity index (χ1n) is 4.50. The maximum absolute atomic E-state index is 11.6. The van der Waals surface area contributed by atoms with Crippen molar-refractivity contribution in [2.75, 3.05) is 18.5 Å². The van der Waals surface area contributed by atoms with Gasteiger partial charge in [0, 0.05) is 5.03 Å². The summed E-state index contributed by atoms with van der Waals surface area (Å²) >= 11 is 11.4. The van der Waals surface area contributed by atoms with Crippen molar-refractivity contribution in [2.24, 2.45) is 0 Å². The molecule has 0 radical (unpaired) electrons. The smallest absolute Gasteiger partial charge is 0.287 e. The van der Waals surface area contributed by atoms with Crippen LogP contribution in [0.1, 0.15) is 0 Å². The van der Waals surface area contributed by atoms with Crippen LogP contribution in [0, 0.1) is 0 Å². The van der Waals surface area contributed by atoms with E-state index >= 15 is 0 Å². The zero-order chi connectivity index (χ0) is 12.1. The Hall–Kier alpha value is -1.04. The molecule has 0 fully saturated rings. The van der Waals surface area contributed by atoms with E-state index in [0.717, 1.165) is 4.68 Å². The van der Waals surface area contributed by atoms with Gasteiger partial charge < -0.3 is 10.4 Å². The van der Waals surface area contributed by atoms with Crippen LogP contribution in [0.25, 0.3) is 0 Å². The molecule has 0 aliphatic carbocycles. The van der Waals surface area contributed by atoms with Gasteiger partial charge in [0.2, 0.25) is 0 Å². The van der Waals surface area contributed by atoms with Crippen LogP contribution in [0.2, 0.25) is 5.02 Å². The summed E-state index contributed by atoms with van der Waals surface area (Å²) < 4.78 is 1.09. The SMILES string of the molecule is C=C(Cl)CNc1cnn(CCO)c(=O)c1Cl. The lowest BCUT2D eigenvalue weighted by molar-refractivity contribution is 0.266. The molecule has 0 amide bonds. The fourth-order valence-corrected chi connectivity index (χ4v) is 1.31. The van der Waals surface area contributed by atoms with Crippen LogP contribution in [0.4, 0.5) is 5.69 Å². The minimum atomic E-state index is -0.457. The lowest BCUT2D eigenvalue weighted by Gasteiger charge is -2.08. The Bertz CT molecular complexity index is 445. The standard InChI is InChI=1S/C9H11Cl2N3O2/c1-6(10)4-12-7-5-13-14(2-3-15)9(16)8(7)11/h5,12,15H,1-4H2. The van der Waals surface area contributed by atoms with E-state index in [-0.39, 0.29) is 18.2 Å². The molecule has 0 saturated heterocycles. The molecule has 0 aliphatic heterocycles. The van der Waals surface area contributed by atoms with Crippen LogP contribution in [-0.4, -0.2) is 28.0 Å². The predicted molar refractivity (Wildman–Crippen MR) is 64.1 cm³/mol. The Morgan fingerprint density at radius 2 is 2.38 bits per heavy atom. The average molecular weight is 264 g/mol. The number of aromatic nitrogens is 2. The molecule has 0 saturated carbocycles. The van der Waals surface area contributed by atoms with Crippen LogP contribution >= 0.6 is 23.2 Å². The van der Waals surface area contributed by atoms with E-state index in [9.17, 15) is 4.79 Å². The van der Waals surface area contributed by atoms with Crippen molar-refractivity contribution in [3.63, 3.8) is 0 Å². The molecule has 5 nitrogen and oxygen atoms in total. The molecule has 7 heteroatoms. The third-order valence-electron chi connectivity index (χ3n) is 1.77. The van der Waals surface area contributed by atoms with Crippen molar-refractivity contribution >= 4 is 28.9 Å². The van der Waals surface area contributed by atoms with Gasteiger partial charge in [-0.2, -0.15) is 5.10 Å². The molecule has 0 aromatic carbocycles. The third-order valence-corrected chi connectivity index (χ3v) is 2.27. The highest BCUT2D eigenvalue weighted by Gasteiger charge is 2.08. The van der Waals surface area contributed by atoms with Gasteiger partial charge in [0.15, 0.2) is 0 Å². The molecule has 0 bridgehead atoms. The van der Waals surface area contributed by atoms with Gasteiger partial charge >= 0.3 is 0 Å². The van der Waals surface area contributed by atoms with Gasteiger partial charge in [-0.1, -0.05) is 29.8 Å². The number of aliphatic hydroxyl groups is 1. The fourth-order valence-electron chi connectivity index (χ4n) is 1.03. The van der Waals surface area contributed by atoms with Gasteiger partial charge in [0.25, 0.3) is 5.56 Å². The second kappa shape index (κ2) is 5.89. The maximum atomic E-state index is 11.6. The molecule has 88 valence electrons. The highest BCUT2D eigenvalue weighted by atomic mass is 35.5. The molecule has 1 rings (SSSR count). The Morgan fingerprint density at radius 3 is 2.94 bits per heavy atom. The Labute approximate surface area is 102 Å². The third kappa shape index (κ3) is 3.23. The van der Waals surface area contributed by atoms with E-state index in [4.69, 9.17) is 28.3 Å². The van der Waals surface area contributed by atoms with Crippen molar-refractivity contribution in [1.82, 2.24) is 9.78 Å². The molecule has 0 aliphatic rings. The number of rotatable bonds is 5. The molecule has 0 atom stereocenters. The highest BCUT2D eigenvalue weighted by Crippen LogP contribution is 2.15. The summed E-state index contributed by atoms with van der Waals surface area (Å²) in [5.74, 6) is 0. The van der Waals surface area contributed by atoms with Crippen molar-refractivity contribution in [2.45, 2.75) is 6.54 Å². The maximum Gasteiger partial charge on any atom is 0.287 e. The Balaban J connectivity index is 2.93. The lowest BCUT2D eigenvalue weighted by Crippen LogP contribution is -2.25. The first kappa shape index (κ1) is 13.0. The second-order valence-electron chi connectivity index (χ2n) is 2.99. The quantitative estimate of drug-likeness (QED) is 0.834. The molecule has 1 heterocycles. The summed E-state index contributed by atoms with van der Waals surface area (Å²) in [6, 6.07) is 0. The van der Waals surface area contributed by atoms with Crippen molar-refractivity contribution in [3.8, 4) is 0 Å². The van der Waals surface area contributed by atoms with Gasteiger partial charge in [-0.15, -0.1) is 0 Å². The van der Waals surface area contributed by atoms with Crippen LogP contribution in [0.15, 0.2) is 22.6 Å². The van der Waals surface area contributed by atoms with Crippen LogP contribution in [0.5, 0.6) is 0 Å². The first-order valence-corrected chi connectivity index (χ1v) is 5.25. The summed E-state index contributed by atoms with van der Waals surface area (Å²) in [6.07, 6.45) is 1.40. The minimum Gasteiger partial charge on any atom is -0.394 e. The number of hydrogen-bond acceptors (Lipinski definition) is 4. The molecule has 2 N–H and O–H groups in total. The summed E-state index contributed by atoms with van der Waals surface area (Å²) in [5, 5.41) is 15.8. The number of aliphatic hydroxyl groups excluding tert-OH is 1. The van der Waals surface area contributed by atoms with E-state index in [2.05, 4.69) is 17.0 Å². The van der Waals surface area contributed by atoms with Gasteiger partial charge in [-0.25, -0.2) is 4.68 Å². The summed E-state index contributed by atoms with van der Waals surface area (Å²) in [7, 11) is 0. The van der Waals surface area contributed by atoms with E-state index in [1.54, 1.807) is 0 Å². The topological polar surface area (TPSA) is 67.2 Å². The summed E-state index contributed by atoms with van der Waals surface area (Å²) in [4.78, 5) is 11.6. The number of halogens is 2. The highest BCUT2D eigenvalue weighted by molar-refractivity contribution is 6.33. The molecule has 16 heavy (non-hydrogen) atoms.